The summed E-state index contributed by atoms with van der Waals surface area (Å²) < 4.78 is 0. The number of hydrogen-bond acceptors (Lipinski definition) is 4. The first-order valence-electron chi connectivity index (χ1n) is 2.56. The van der Waals surface area contributed by atoms with E-state index in [0.717, 1.165) is 6.07 Å². The molecule has 0 aliphatic carbocycles. The molecule has 4 nitrogen and oxygen atoms in total. The van der Waals surface area contributed by atoms with Crippen molar-refractivity contribution in [2.75, 3.05) is 6.26 Å². The molecular formula is C5H7N2NaO2S. The second-order valence-electron chi connectivity index (χ2n) is 1.61. The molecule has 1 aromatic rings. The number of aromatic nitrogens is 2. The topological polar surface area (TPSA) is 66.0 Å². The van der Waals surface area contributed by atoms with Gasteiger partial charge in [-0.2, -0.15) is 4.98 Å². The second-order valence-corrected chi connectivity index (χ2v) is 2.41. The van der Waals surface area contributed by atoms with Crippen LogP contribution >= 0.6 is 11.8 Å². The van der Waals surface area contributed by atoms with Gasteiger partial charge in [0.25, 0.3) is 5.56 Å². The van der Waals surface area contributed by atoms with Crippen LogP contribution in [0.15, 0.2) is 16.0 Å². The van der Waals surface area contributed by atoms with E-state index in [9.17, 15) is 4.79 Å². The molecule has 11 heavy (non-hydrogen) atoms. The zero-order valence-electron chi connectivity index (χ0n) is 7.29. The van der Waals surface area contributed by atoms with Gasteiger partial charge in [0, 0.05) is 0 Å². The summed E-state index contributed by atoms with van der Waals surface area (Å²) in [6, 6.07) is 1.03. The van der Waals surface area contributed by atoms with E-state index in [1.165, 1.54) is 11.8 Å². The SMILES string of the molecule is CSc1nc(O)cc(=O)[nH]1.[H-].[Na+]. The third kappa shape index (κ3) is 3.29. The fraction of sp³-hybridized carbons (Fsp3) is 0.200. The average Bonchev–Trinajstić information content (AvgIpc) is 1.85. The molecular weight excluding hydrogens is 175 g/mol. The molecule has 0 aliphatic rings. The Bertz CT molecular complexity index is 293. The fourth-order valence-corrected chi connectivity index (χ4v) is 0.907. The number of hydrogen-bond donors (Lipinski definition) is 2. The number of nitrogens with one attached hydrogen (secondary N) is 1. The Balaban J connectivity index is 0. The predicted molar refractivity (Wildman–Crippen MR) is 39.4 cm³/mol. The normalized spacial score (nSPS) is 8.82. The summed E-state index contributed by atoms with van der Waals surface area (Å²) in [6.07, 6.45) is 1.76. The standard InChI is InChI=1S/C5H6N2O2S.Na.H/c1-10-5-6-3(8)2-4(9)7-5;;/h2H,1H3,(H2,6,7,8,9);;/q;+1;-1. The Hall–Kier alpha value is 0.0300. The van der Waals surface area contributed by atoms with Gasteiger partial charge in [0.2, 0.25) is 5.88 Å². The Labute approximate surface area is 91.2 Å². The summed E-state index contributed by atoms with van der Waals surface area (Å²) in [5, 5.41) is 9.20. The van der Waals surface area contributed by atoms with E-state index < -0.39 is 0 Å². The maximum absolute atomic E-state index is 10.6. The smallest absolute Gasteiger partial charge is 1.00 e. The first kappa shape index (κ1) is 11.0. The van der Waals surface area contributed by atoms with E-state index in [0.29, 0.717) is 5.16 Å². The molecule has 1 heterocycles. The van der Waals surface area contributed by atoms with Crippen molar-refractivity contribution in [1.29, 1.82) is 0 Å². The van der Waals surface area contributed by atoms with Crippen molar-refractivity contribution >= 4 is 11.8 Å². The van der Waals surface area contributed by atoms with Gasteiger partial charge in [-0.15, -0.1) is 0 Å². The summed E-state index contributed by atoms with van der Waals surface area (Å²) in [6.45, 7) is 0. The molecule has 0 saturated heterocycles. The second kappa shape index (κ2) is 4.82. The number of nitrogens with zero attached hydrogens (tertiary/aromatic N) is 1. The fourth-order valence-electron chi connectivity index (χ4n) is 0.520. The van der Waals surface area contributed by atoms with E-state index in [2.05, 4.69) is 9.97 Å². The largest absolute Gasteiger partial charge is 1.00 e. The number of H-pyrrole nitrogens is 1. The minimum Gasteiger partial charge on any atom is -1.00 e. The van der Waals surface area contributed by atoms with Crippen molar-refractivity contribution in [2.24, 2.45) is 0 Å². The van der Waals surface area contributed by atoms with Gasteiger partial charge in [0.15, 0.2) is 5.16 Å². The molecule has 0 radical (unpaired) electrons. The van der Waals surface area contributed by atoms with Gasteiger partial charge in [-0.3, -0.25) is 4.79 Å². The van der Waals surface area contributed by atoms with Crippen LogP contribution < -0.4 is 35.1 Å². The van der Waals surface area contributed by atoms with Crippen LogP contribution in [-0.4, -0.2) is 21.3 Å². The average molecular weight is 182 g/mol. The molecule has 0 aliphatic heterocycles. The number of aromatic amines is 1. The number of aromatic hydroxyl groups is 1. The summed E-state index contributed by atoms with van der Waals surface area (Å²) in [5.41, 5.74) is -0.336. The molecule has 0 bridgehead atoms. The molecule has 0 amide bonds. The Morgan fingerprint density at radius 2 is 2.45 bits per heavy atom. The van der Waals surface area contributed by atoms with Gasteiger partial charge in [0.05, 0.1) is 6.07 Å². The Morgan fingerprint density at radius 1 is 1.82 bits per heavy atom. The van der Waals surface area contributed by atoms with Gasteiger partial charge in [-0.1, -0.05) is 11.8 Å². The van der Waals surface area contributed by atoms with Crippen LogP contribution in [-0.2, 0) is 0 Å². The summed E-state index contributed by atoms with van der Waals surface area (Å²) >= 11 is 1.27. The van der Waals surface area contributed by atoms with Crippen LogP contribution in [0.1, 0.15) is 1.43 Å². The predicted octanol–water partition coefficient (Wildman–Crippen LogP) is -2.69. The number of thioether (sulfide) groups is 1. The molecule has 0 spiro atoms. The molecule has 0 saturated carbocycles. The maximum Gasteiger partial charge on any atom is 1.00 e. The maximum atomic E-state index is 10.6. The Morgan fingerprint density at radius 3 is 2.91 bits per heavy atom. The molecule has 0 fully saturated rings. The van der Waals surface area contributed by atoms with Crippen LogP contribution in [0.5, 0.6) is 5.88 Å². The quantitative estimate of drug-likeness (QED) is 0.282. The zero-order chi connectivity index (χ0) is 7.56. The summed E-state index contributed by atoms with van der Waals surface area (Å²) in [5.74, 6) is -0.242. The minimum absolute atomic E-state index is 0. The van der Waals surface area contributed by atoms with Crippen molar-refractivity contribution in [3.8, 4) is 5.88 Å². The van der Waals surface area contributed by atoms with Crippen LogP contribution in [0, 0.1) is 0 Å². The van der Waals surface area contributed by atoms with Crippen LogP contribution in [0.4, 0.5) is 0 Å². The van der Waals surface area contributed by atoms with Crippen molar-refractivity contribution in [3.63, 3.8) is 0 Å². The summed E-state index contributed by atoms with van der Waals surface area (Å²) in [7, 11) is 0. The van der Waals surface area contributed by atoms with E-state index >= 15 is 0 Å². The minimum atomic E-state index is -0.336. The Kier molecular flexibility index (Phi) is 4.83. The van der Waals surface area contributed by atoms with E-state index in [-0.39, 0.29) is 42.4 Å². The zero-order valence-corrected chi connectivity index (χ0v) is 9.10. The van der Waals surface area contributed by atoms with Gasteiger partial charge in [-0.25, -0.2) is 0 Å². The van der Waals surface area contributed by atoms with Crippen molar-refractivity contribution in [2.45, 2.75) is 5.16 Å². The van der Waals surface area contributed by atoms with Crippen LogP contribution in [0.2, 0.25) is 0 Å². The third-order valence-electron chi connectivity index (χ3n) is 0.900. The summed E-state index contributed by atoms with van der Waals surface area (Å²) in [4.78, 5) is 16.7. The van der Waals surface area contributed by atoms with Gasteiger partial charge in [0.1, 0.15) is 0 Å². The van der Waals surface area contributed by atoms with Crippen molar-refractivity contribution in [3.05, 3.63) is 16.4 Å². The van der Waals surface area contributed by atoms with Gasteiger partial charge in [-0.05, 0) is 6.26 Å². The third-order valence-corrected chi connectivity index (χ3v) is 1.48. The monoisotopic (exact) mass is 182 g/mol. The molecule has 0 aromatic carbocycles. The molecule has 6 heteroatoms. The van der Waals surface area contributed by atoms with E-state index in [1.54, 1.807) is 6.26 Å². The molecule has 0 atom stereocenters. The molecule has 1 rings (SSSR count). The molecule has 56 valence electrons. The molecule has 2 N–H and O–H groups in total. The van der Waals surface area contributed by atoms with Crippen molar-refractivity contribution in [1.82, 2.24) is 9.97 Å². The van der Waals surface area contributed by atoms with E-state index in [4.69, 9.17) is 5.11 Å². The van der Waals surface area contributed by atoms with Gasteiger partial charge >= 0.3 is 29.6 Å². The van der Waals surface area contributed by atoms with E-state index in [1.807, 2.05) is 0 Å². The van der Waals surface area contributed by atoms with Crippen LogP contribution in [0.25, 0.3) is 0 Å². The molecule has 0 unspecified atom stereocenters. The first-order valence-corrected chi connectivity index (χ1v) is 3.79. The van der Waals surface area contributed by atoms with Gasteiger partial charge < -0.3 is 11.5 Å². The first-order chi connectivity index (χ1) is 4.72. The molecule has 1 aromatic heterocycles. The van der Waals surface area contributed by atoms with Crippen molar-refractivity contribution < 1.29 is 36.1 Å². The van der Waals surface area contributed by atoms with Crippen LogP contribution in [0.3, 0.4) is 0 Å². The number of rotatable bonds is 1.